The van der Waals surface area contributed by atoms with Gasteiger partial charge >= 0.3 is 0 Å². The summed E-state index contributed by atoms with van der Waals surface area (Å²) in [7, 11) is 0. The van der Waals surface area contributed by atoms with Gasteiger partial charge in [-0.3, -0.25) is 9.78 Å². The monoisotopic (exact) mass is 378 g/mol. The van der Waals surface area contributed by atoms with Crippen LogP contribution in [0.1, 0.15) is 16.2 Å². The van der Waals surface area contributed by atoms with Crippen LogP contribution in [0, 0.1) is 0 Å². The third kappa shape index (κ3) is 3.75. The molecule has 4 rings (SSSR count). The van der Waals surface area contributed by atoms with Crippen molar-refractivity contribution in [3.05, 3.63) is 89.5 Å². The smallest absolute Gasteiger partial charge is 0.272 e. The zero-order chi connectivity index (χ0) is 18.6. The van der Waals surface area contributed by atoms with Crippen molar-refractivity contribution in [2.24, 2.45) is 0 Å². The number of carbonyl (C=O) groups is 1. The molecule has 1 N–H and O–H groups in total. The molecule has 4 aromatic rings. The van der Waals surface area contributed by atoms with E-state index in [0.717, 1.165) is 11.4 Å². The minimum Gasteiger partial charge on any atom is -0.463 e. The highest BCUT2D eigenvalue weighted by Gasteiger charge is 2.18. The summed E-state index contributed by atoms with van der Waals surface area (Å²) in [5.41, 5.74) is 2.50. The average molecular weight is 379 g/mol. The highest BCUT2D eigenvalue weighted by atomic mass is 35.5. The molecule has 0 saturated heterocycles. The maximum absolute atomic E-state index is 12.6. The van der Waals surface area contributed by atoms with E-state index in [1.807, 2.05) is 36.4 Å². The number of carbonyl (C=O) groups excluding carboxylic acids is 1. The molecule has 27 heavy (non-hydrogen) atoms. The van der Waals surface area contributed by atoms with Gasteiger partial charge in [0.1, 0.15) is 5.69 Å². The topological polar surface area (TPSA) is 73.0 Å². The summed E-state index contributed by atoms with van der Waals surface area (Å²) in [4.78, 5) is 16.8. The summed E-state index contributed by atoms with van der Waals surface area (Å²) < 4.78 is 7.16. The average Bonchev–Trinajstić information content (AvgIpc) is 3.37. The quantitative estimate of drug-likeness (QED) is 0.567. The van der Waals surface area contributed by atoms with E-state index >= 15 is 0 Å². The number of furan rings is 1. The van der Waals surface area contributed by atoms with Crippen LogP contribution in [0.25, 0.3) is 17.1 Å². The maximum Gasteiger partial charge on any atom is 0.272 e. The fourth-order valence-electron chi connectivity index (χ4n) is 2.64. The number of nitrogens with zero attached hydrogens (tertiary/aromatic N) is 3. The van der Waals surface area contributed by atoms with Crippen LogP contribution in [-0.2, 0) is 6.54 Å². The first-order chi connectivity index (χ1) is 13.2. The molecule has 0 spiro atoms. The molecule has 0 unspecified atom stereocenters. The summed E-state index contributed by atoms with van der Waals surface area (Å²) in [5.74, 6) is 0.322. The van der Waals surface area contributed by atoms with Crippen LogP contribution in [0.2, 0.25) is 5.02 Å². The lowest BCUT2D eigenvalue weighted by Gasteiger charge is -2.05. The van der Waals surface area contributed by atoms with Crippen LogP contribution in [0.3, 0.4) is 0 Å². The number of benzene rings is 1. The second-order valence-electron chi connectivity index (χ2n) is 5.78. The van der Waals surface area contributed by atoms with Crippen LogP contribution in [0.4, 0.5) is 0 Å². The molecule has 1 amide bonds. The first kappa shape index (κ1) is 17.1. The van der Waals surface area contributed by atoms with Gasteiger partial charge in [-0.1, -0.05) is 17.7 Å². The lowest BCUT2D eigenvalue weighted by Crippen LogP contribution is -2.23. The molecule has 0 fully saturated rings. The molecule has 3 heterocycles. The van der Waals surface area contributed by atoms with Gasteiger partial charge in [0.15, 0.2) is 11.5 Å². The number of nitrogens with one attached hydrogen (secondary N) is 1. The Morgan fingerprint density at radius 1 is 1.11 bits per heavy atom. The van der Waals surface area contributed by atoms with E-state index in [1.165, 1.54) is 0 Å². The Hall–Kier alpha value is -3.38. The van der Waals surface area contributed by atoms with E-state index < -0.39 is 0 Å². The fraction of sp³-hybridized carbons (Fsp3) is 0.0500. The van der Waals surface area contributed by atoms with Gasteiger partial charge < -0.3 is 9.73 Å². The van der Waals surface area contributed by atoms with E-state index in [1.54, 1.807) is 41.4 Å². The fourth-order valence-corrected chi connectivity index (χ4v) is 2.76. The SMILES string of the molecule is O=C(NCc1ccccn1)c1cc(-c2ccco2)n(-c2ccc(Cl)cc2)n1. The zero-order valence-corrected chi connectivity index (χ0v) is 14.9. The lowest BCUT2D eigenvalue weighted by molar-refractivity contribution is 0.0945. The Balaban J connectivity index is 1.64. The van der Waals surface area contributed by atoms with E-state index in [9.17, 15) is 4.79 Å². The molecule has 0 radical (unpaired) electrons. The van der Waals surface area contributed by atoms with E-state index in [4.69, 9.17) is 16.0 Å². The van der Waals surface area contributed by atoms with Gasteiger partial charge in [-0.15, -0.1) is 0 Å². The van der Waals surface area contributed by atoms with Crippen molar-refractivity contribution in [1.82, 2.24) is 20.1 Å². The van der Waals surface area contributed by atoms with Crippen molar-refractivity contribution in [2.75, 3.05) is 0 Å². The molecule has 0 aliphatic heterocycles. The second kappa shape index (κ2) is 7.47. The summed E-state index contributed by atoms with van der Waals surface area (Å²) in [6, 6.07) is 18.1. The van der Waals surface area contributed by atoms with E-state index in [-0.39, 0.29) is 11.6 Å². The van der Waals surface area contributed by atoms with Crippen molar-refractivity contribution in [3.8, 4) is 17.1 Å². The standard InChI is InChI=1S/C20H15ClN4O2/c21-14-6-8-16(9-7-14)25-18(19-5-3-11-27-19)12-17(24-25)20(26)23-13-15-4-1-2-10-22-15/h1-12H,13H2,(H,23,26). The van der Waals surface area contributed by atoms with Crippen LogP contribution >= 0.6 is 11.6 Å². The summed E-state index contributed by atoms with van der Waals surface area (Å²) in [5, 5.41) is 7.92. The highest BCUT2D eigenvalue weighted by molar-refractivity contribution is 6.30. The Bertz CT molecular complexity index is 1040. The number of hydrogen-bond acceptors (Lipinski definition) is 4. The molecule has 7 heteroatoms. The molecule has 6 nitrogen and oxygen atoms in total. The number of rotatable bonds is 5. The van der Waals surface area contributed by atoms with Crippen molar-refractivity contribution in [3.63, 3.8) is 0 Å². The maximum atomic E-state index is 12.6. The Labute approximate surface area is 160 Å². The number of halogens is 1. The van der Waals surface area contributed by atoms with Crippen LogP contribution in [-0.4, -0.2) is 20.7 Å². The minimum atomic E-state index is -0.291. The molecule has 0 atom stereocenters. The molecule has 3 aromatic heterocycles. The first-order valence-corrected chi connectivity index (χ1v) is 8.66. The summed E-state index contributed by atoms with van der Waals surface area (Å²) in [6.45, 7) is 0.323. The molecule has 134 valence electrons. The lowest BCUT2D eigenvalue weighted by atomic mass is 10.2. The van der Waals surface area contributed by atoms with Gasteiger partial charge in [0.05, 0.1) is 24.2 Å². The van der Waals surface area contributed by atoms with Gasteiger partial charge in [-0.05, 0) is 48.5 Å². The summed E-state index contributed by atoms with van der Waals surface area (Å²) >= 11 is 5.98. The normalized spacial score (nSPS) is 10.7. The van der Waals surface area contributed by atoms with Crippen molar-refractivity contribution in [1.29, 1.82) is 0 Å². The highest BCUT2D eigenvalue weighted by Crippen LogP contribution is 2.25. The van der Waals surface area contributed by atoms with Crippen LogP contribution in [0.5, 0.6) is 0 Å². The third-order valence-electron chi connectivity index (χ3n) is 3.94. The van der Waals surface area contributed by atoms with Crippen LogP contribution in [0.15, 0.2) is 77.5 Å². The first-order valence-electron chi connectivity index (χ1n) is 8.29. The van der Waals surface area contributed by atoms with E-state index in [0.29, 0.717) is 23.0 Å². The van der Waals surface area contributed by atoms with Crippen LogP contribution < -0.4 is 5.32 Å². The number of pyridine rings is 1. The van der Waals surface area contributed by atoms with E-state index in [2.05, 4.69) is 15.4 Å². The van der Waals surface area contributed by atoms with Gasteiger partial charge in [0, 0.05) is 17.3 Å². The van der Waals surface area contributed by atoms with Gasteiger partial charge in [-0.25, -0.2) is 4.68 Å². The molecular formula is C20H15ClN4O2. The third-order valence-corrected chi connectivity index (χ3v) is 4.20. The van der Waals surface area contributed by atoms with Crippen molar-refractivity contribution < 1.29 is 9.21 Å². The minimum absolute atomic E-state index is 0.285. The summed E-state index contributed by atoms with van der Waals surface area (Å²) in [6.07, 6.45) is 3.26. The van der Waals surface area contributed by atoms with Crippen molar-refractivity contribution in [2.45, 2.75) is 6.54 Å². The molecule has 0 bridgehead atoms. The Kier molecular flexibility index (Phi) is 4.72. The predicted octanol–water partition coefficient (Wildman–Crippen LogP) is 4.11. The molecule has 1 aromatic carbocycles. The predicted molar refractivity (Wildman–Crippen MR) is 102 cm³/mol. The Morgan fingerprint density at radius 3 is 2.67 bits per heavy atom. The number of amides is 1. The number of hydrogen-bond donors (Lipinski definition) is 1. The van der Waals surface area contributed by atoms with Gasteiger partial charge in [0.25, 0.3) is 5.91 Å². The molecule has 0 saturated carbocycles. The zero-order valence-electron chi connectivity index (χ0n) is 14.2. The molecule has 0 aliphatic carbocycles. The second-order valence-corrected chi connectivity index (χ2v) is 6.22. The Morgan fingerprint density at radius 2 is 1.96 bits per heavy atom. The largest absolute Gasteiger partial charge is 0.463 e. The van der Waals surface area contributed by atoms with Gasteiger partial charge in [0.2, 0.25) is 0 Å². The number of aromatic nitrogens is 3. The molecule has 0 aliphatic rings. The molecular weight excluding hydrogens is 364 g/mol. The van der Waals surface area contributed by atoms with Gasteiger partial charge in [-0.2, -0.15) is 5.10 Å². The van der Waals surface area contributed by atoms with Crippen molar-refractivity contribution >= 4 is 17.5 Å².